The zero-order valence-corrected chi connectivity index (χ0v) is 12.1. The van der Waals surface area contributed by atoms with Crippen LogP contribution in [0, 0.1) is 0 Å². The maximum atomic E-state index is 11.1. The molecule has 0 atom stereocenters. The molecule has 0 unspecified atom stereocenters. The summed E-state index contributed by atoms with van der Waals surface area (Å²) in [4.78, 5) is 11.1. The van der Waals surface area contributed by atoms with Gasteiger partial charge in [-0.25, -0.2) is 4.79 Å². The van der Waals surface area contributed by atoms with Gasteiger partial charge >= 0.3 is 5.97 Å². The third-order valence-electron chi connectivity index (χ3n) is 2.56. The lowest BCUT2D eigenvalue weighted by Gasteiger charge is -2.11. The molecule has 0 saturated carbocycles. The van der Waals surface area contributed by atoms with Crippen molar-refractivity contribution in [2.45, 2.75) is 13.5 Å². The molecule has 0 aliphatic heterocycles. The first-order chi connectivity index (χ1) is 9.58. The number of hydrogen-bond donors (Lipinski definition) is 0. The maximum absolute atomic E-state index is 11.1. The monoisotopic (exact) mass is 280 g/mol. The molecule has 0 saturated heterocycles. The third kappa shape index (κ3) is 4.93. The molecule has 0 N–H and O–H groups in total. The number of benzene rings is 1. The molecule has 5 heteroatoms. The second-order valence-electron chi connectivity index (χ2n) is 4.15. The Morgan fingerprint density at radius 1 is 1.20 bits per heavy atom. The molecule has 5 nitrogen and oxygen atoms in total. The van der Waals surface area contributed by atoms with Crippen LogP contribution in [0.3, 0.4) is 0 Å². The summed E-state index contributed by atoms with van der Waals surface area (Å²) in [5, 5.41) is 0. The van der Waals surface area contributed by atoms with E-state index in [1.54, 1.807) is 27.2 Å². The predicted octanol–water partition coefficient (Wildman–Crippen LogP) is 2.34. The molecule has 110 valence electrons. The summed E-state index contributed by atoms with van der Waals surface area (Å²) in [5.74, 6) is 1.01. The van der Waals surface area contributed by atoms with E-state index in [2.05, 4.69) is 6.58 Å². The molecular formula is C15H20O5. The van der Waals surface area contributed by atoms with Crippen LogP contribution < -0.4 is 9.47 Å². The second-order valence-corrected chi connectivity index (χ2v) is 4.15. The summed E-state index contributed by atoms with van der Waals surface area (Å²) in [7, 11) is 3.19. The van der Waals surface area contributed by atoms with Crippen molar-refractivity contribution < 1.29 is 23.7 Å². The molecule has 0 aliphatic carbocycles. The van der Waals surface area contributed by atoms with Gasteiger partial charge in [-0.05, 0) is 19.1 Å². The van der Waals surface area contributed by atoms with Crippen molar-refractivity contribution in [2.24, 2.45) is 0 Å². The Labute approximate surface area is 119 Å². The van der Waals surface area contributed by atoms with E-state index in [4.69, 9.17) is 18.9 Å². The standard InChI is InChI=1S/C15H20O5/c1-11(2)15(16)20-8-7-19-10-12-5-6-13(17-3)9-14(12)18-4/h5-6,9H,1,7-8,10H2,2-4H3. The fourth-order valence-corrected chi connectivity index (χ4v) is 1.47. The van der Waals surface area contributed by atoms with Crippen LogP contribution in [0.15, 0.2) is 30.4 Å². The van der Waals surface area contributed by atoms with E-state index < -0.39 is 5.97 Å². The lowest BCUT2D eigenvalue weighted by molar-refractivity contribution is -0.140. The molecule has 0 heterocycles. The summed E-state index contributed by atoms with van der Waals surface area (Å²) < 4.78 is 20.7. The Morgan fingerprint density at radius 3 is 2.55 bits per heavy atom. The van der Waals surface area contributed by atoms with Gasteiger partial charge in [-0.1, -0.05) is 6.58 Å². The Kier molecular flexibility index (Phi) is 6.59. The average Bonchev–Trinajstić information content (AvgIpc) is 2.46. The number of carbonyl (C=O) groups excluding carboxylic acids is 1. The summed E-state index contributed by atoms with van der Waals surface area (Å²) in [6.07, 6.45) is 0. The van der Waals surface area contributed by atoms with E-state index in [1.165, 1.54) is 0 Å². The molecule has 0 bridgehead atoms. The van der Waals surface area contributed by atoms with Crippen LogP contribution in [0.1, 0.15) is 12.5 Å². The van der Waals surface area contributed by atoms with Crippen LogP contribution in [-0.2, 0) is 20.9 Å². The number of carbonyl (C=O) groups is 1. The van der Waals surface area contributed by atoms with Crippen molar-refractivity contribution >= 4 is 5.97 Å². The first-order valence-electron chi connectivity index (χ1n) is 6.19. The SMILES string of the molecule is C=C(C)C(=O)OCCOCc1ccc(OC)cc1OC. The van der Waals surface area contributed by atoms with Gasteiger partial charge in [0.25, 0.3) is 0 Å². The topological polar surface area (TPSA) is 54.0 Å². The van der Waals surface area contributed by atoms with Gasteiger partial charge in [0.1, 0.15) is 18.1 Å². The van der Waals surface area contributed by atoms with E-state index in [0.29, 0.717) is 24.5 Å². The number of esters is 1. The van der Waals surface area contributed by atoms with Gasteiger partial charge in [0.2, 0.25) is 0 Å². The Hall–Kier alpha value is -2.01. The summed E-state index contributed by atoms with van der Waals surface area (Å²) >= 11 is 0. The largest absolute Gasteiger partial charge is 0.497 e. The van der Waals surface area contributed by atoms with Gasteiger partial charge in [-0.15, -0.1) is 0 Å². The Morgan fingerprint density at radius 2 is 1.95 bits per heavy atom. The number of rotatable bonds is 8. The Balaban J connectivity index is 2.38. The third-order valence-corrected chi connectivity index (χ3v) is 2.56. The number of hydrogen-bond acceptors (Lipinski definition) is 5. The number of ether oxygens (including phenoxy) is 4. The minimum atomic E-state index is -0.407. The molecule has 1 aromatic carbocycles. The fourth-order valence-electron chi connectivity index (χ4n) is 1.47. The van der Waals surface area contributed by atoms with Crippen molar-refractivity contribution in [3.8, 4) is 11.5 Å². The highest BCUT2D eigenvalue weighted by Crippen LogP contribution is 2.24. The van der Waals surface area contributed by atoms with Gasteiger partial charge in [-0.3, -0.25) is 0 Å². The minimum Gasteiger partial charge on any atom is -0.497 e. The second kappa shape index (κ2) is 8.22. The molecule has 0 spiro atoms. The summed E-state index contributed by atoms with van der Waals surface area (Å²) in [6, 6.07) is 5.50. The molecule has 0 aliphatic rings. The highest BCUT2D eigenvalue weighted by atomic mass is 16.6. The molecule has 20 heavy (non-hydrogen) atoms. The molecule has 0 radical (unpaired) electrons. The predicted molar refractivity (Wildman–Crippen MR) is 75.0 cm³/mol. The Bertz CT molecular complexity index is 467. The average molecular weight is 280 g/mol. The summed E-state index contributed by atoms with van der Waals surface area (Å²) in [5.41, 5.74) is 1.28. The number of methoxy groups -OCH3 is 2. The van der Waals surface area contributed by atoms with Crippen molar-refractivity contribution in [3.63, 3.8) is 0 Å². The molecule has 0 aromatic heterocycles. The minimum absolute atomic E-state index is 0.199. The normalized spacial score (nSPS) is 9.95. The van der Waals surface area contributed by atoms with E-state index in [9.17, 15) is 4.79 Å². The van der Waals surface area contributed by atoms with Crippen molar-refractivity contribution in [3.05, 3.63) is 35.9 Å². The zero-order valence-electron chi connectivity index (χ0n) is 12.1. The first kappa shape index (κ1) is 16.0. The van der Waals surface area contributed by atoms with E-state index in [0.717, 1.165) is 11.3 Å². The zero-order chi connectivity index (χ0) is 15.0. The molecule has 0 fully saturated rings. The van der Waals surface area contributed by atoms with Crippen molar-refractivity contribution in [1.29, 1.82) is 0 Å². The van der Waals surface area contributed by atoms with Crippen molar-refractivity contribution in [1.82, 2.24) is 0 Å². The van der Waals surface area contributed by atoms with Crippen LogP contribution in [0.5, 0.6) is 11.5 Å². The molecule has 1 aromatic rings. The molecule has 0 amide bonds. The van der Waals surface area contributed by atoms with Gasteiger partial charge in [0.05, 0.1) is 27.4 Å². The van der Waals surface area contributed by atoms with Crippen LogP contribution in [-0.4, -0.2) is 33.4 Å². The smallest absolute Gasteiger partial charge is 0.333 e. The first-order valence-corrected chi connectivity index (χ1v) is 6.19. The summed E-state index contributed by atoms with van der Waals surface area (Å²) in [6.45, 7) is 5.98. The van der Waals surface area contributed by atoms with Gasteiger partial charge in [-0.2, -0.15) is 0 Å². The lowest BCUT2D eigenvalue weighted by Crippen LogP contribution is -2.11. The molecular weight excluding hydrogens is 260 g/mol. The van der Waals surface area contributed by atoms with Gasteiger partial charge < -0.3 is 18.9 Å². The fraction of sp³-hybridized carbons (Fsp3) is 0.400. The highest BCUT2D eigenvalue weighted by Gasteiger charge is 2.06. The van der Waals surface area contributed by atoms with E-state index in [1.807, 2.05) is 12.1 Å². The van der Waals surface area contributed by atoms with Gasteiger partial charge in [0.15, 0.2) is 0 Å². The van der Waals surface area contributed by atoms with E-state index in [-0.39, 0.29) is 6.61 Å². The van der Waals surface area contributed by atoms with Crippen LogP contribution in [0.4, 0.5) is 0 Å². The molecule has 1 rings (SSSR count). The lowest BCUT2D eigenvalue weighted by atomic mass is 10.2. The van der Waals surface area contributed by atoms with Crippen LogP contribution >= 0.6 is 0 Å². The highest BCUT2D eigenvalue weighted by molar-refractivity contribution is 5.86. The maximum Gasteiger partial charge on any atom is 0.333 e. The van der Waals surface area contributed by atoms with Crippen LogP contribution in [0.2, 0.25) is 0 Å². The van der Waals surface area contributed by atoms with Crippen LogP contribution in [0.25, 0.3) is 0 Å². The quantitative estimate of drug-likeness (QED) is 0.415. The van der Waals surface area contributed by atoms with Crippen molar-refractivity contribution in [2.75, 3.05) is 27.4 Å². The van der Waals surface area contributed by atoms with E-state index >= 15 is 0 Å². The van der Waals surface area contributed by atoms with Gasteiger partial charge in [0, 0.05) is 17.2 Å².